The smallest absolute Gasteiger partial charge is 0.387 e. The summed E-state index contributed by atoms with van der Waals surface area (Å²) in [6.45, 7) is 0.910. The molecule has 1 saturated carbocycles. The first-order valence-electron chi connectivity index (χ1n) is 4.57. The van der Waals surface area contributed by atoms with E-state index >= 15 is 0 Å². The van der Waals surface area contributed by atoms with E-state index in [0.29, 0.717) is 11.5 Å². The fourth-order valence-electron chi connectivity index (χ4n) is 1.48. The first-order chi connectivity index (χ1) is 6.66. The van der Waals surface area contributed by atoms with Gasteiger partial charge in [0, 0.05) is 0 Å². The van der Waals surface area contributed by atoms with Crippen LogP contribution in [0.1, 0.15) is 29.9 Å². The third-order valence-electron chi connectivity index (χ3n) is 2.35. The Balaban J connectivity index is 2.17. The lowest BCUT2D eigenvalue weighted by Gasteiger charge is -2.08. The molecule has 1 fully saturated rings. The number of benzene rings is 1. The van der Waals surface area contributed by atoms with E-state index in [9.17, 15) is 8.78 Å². The van der Waals surface area contributed by atoms with Gasteiger partial charge in [0.05, 0.1) is 0 Å². The van der Waals surface area contributed by atoms with Gasteiger partial charge in [0.2, 0.25) is 0 Å². The van der Waals surface area contributed by atoms with Gasteiger partial charge in [-0.15, -0.1) is 0 Å². The van der Waals surface area contributed by atoms with Crippen LogP contribution in [0.5, 0.6) is 5.75 Å². The Hall–Kier alpha value is -1.12. The zero-order valence-corrected chi connectivity index (χ0v) is 7.67. The second kappa shape index (κ2) is 3.56. The molecule has 1 aliphatic carbocycles. The summed E-state index contributed by atoms with van der Waals surface area (Å²) in [4.78, 5) is 0. The first-order valence-corrected chi connectivity index (χ1v) is 4.57. The Kier molecular flexibility index (Phi) is 2.40. The summed E-state index contributed by atoms with van der Waals surface area (Å²) in [6, 6.07) is 5.24. The Morgan fingerprint density at radius 3 is 2.57 bits per heavy atom. The summed E-state index contributed by atoms with van der Waals surface area (Å²) in [5, 5.41) is 0. The molecule has 1 radical (unpaired) electrons. The van der Waals surface area contributed by atoms with Crippen molar-refractivity contribution in [2.45, 2.75) is 25.4 Å². The largest absolute Gasteiger partial charge is 0.435 e. The lowest BCUT2D eigenvalue weighted by molar-refractivity contribution is -0.0501. The van der Waals surface area contributed by atoms with Gasteiger partial charge >= 0.3 is 6.61 Å². The quantitative estimate of drug-likeness (QED) is 0.722. The fourth-order valence-corrected chi connectivity index (χ4v) is 1.48. The van der Waals surface area contributed by atoms with Crippen molar-refractivity contribution in [1.82, 2.24) is 0 Å². The van der Waals surface area contributed by atoms with E-state index in [2.05, 4.69) is 11.7 Å². The number of rotatable bonds is 3. The molecular formula is C11H11F2O. The van der Waals surface area contributed by atoms with Crippen molar-refractivity contribution in [3.63, 3.8) is 0 Å². The van der Waals surface area contributed by atoms with E-state index in [1.807, 2.05) is 12.1 Å². The van der Waals surface area contributed by atoms with Crippen LogP contribution in [-0.4, -0.2) is 6.61 Å². The highest BCUT2D eigenvalue weighted by Crippen LogP contribution is 2.41. The molecular weight excluding hydrogens is 186 g/mol. The van der Waals surface area contributed by atoms with E-state index in [-0.39, 0.29) is 5.75 Å². The van der Waals surface area contributed by atoms with Crippen LogP contribution in [0, 0.1) is 6.92 Å². The van der Waals surface area contributed by atoms with Crippen LogP contribution in [0.25, 0.3) is 0 Å². The summed E-state index contributed by atoms with van der Waals surface area (Å²) in [5.74, 6) is 0.778. The van der Waals surface area contributed by atoms with Crippen molar-refractivity contribution in [1.29, 1.82) is 0 Å². The number of halogens is 2. The lowest BCUT2D eigenvalue weighted by Crippen LogP contribution is -2.03. The molecule has 1 nitrogen and oxygen atoms in total. The van der Waals surface area contributed by atoms with Crippen LogP contribution in [0.3, 0.4) is 0 Å². The second-order valence-corrected chi connectivity index (χ2v) is 3.52. The molecule has 0 heterocycles. The molecule has 0 saturated heterocycles. The van der Waals surface area contributed by atoms with E-state index in [4.69, 9.17) is 0 Å². The van der Waals surface area contributed by atoms with Gasteiger partial charge < -0.3 is 4.74 Å². The van der Waals surface area contributed by atoms with Gasteiger partial charge in [0.25, 0.3) is 0 Å². The van der Waals surface area contributed by atoms with Crippen molar-refractivity contribution >= 4 is 0 Å². The van der Waals surface area contributed by atoms with Gasteiger partial charge in [-0.2, -0.15) is 8.78 Å². The highest BCUT2D eigenvalue weighted by atomic mass is 19.3. The van der Waals surface area contributed by atoms with E-state index in [0.717, 1.165) is 0 Å². The molecule has 0 atom stereocenters. The average Bonchev–Trinajstić information content (AvgIpc) is 2.90. The summed E-state index contributed by atoms with van der Waals surface area (Å²) < 4.78 is 28.1. The van der Waals surface area contributed by atoms with Crippen molar-refractivity contribution in [3.05, 3.63) is 36.2 Å². The van der Waals surface area contributed by atoms with Gasteiger partial charge in [0.1, 0.15) is 5.75 Å². The van der Waals surface area contributed by atoms with Crippen LogP contribution in [-0.2, 0) is 0 Å². The Labute approximate surface area is 81.7 Å². The number of ether oxygens (including phenoxy) is 1. The highest BCUT2D eigenvalue weighted by Gasteiger charge is 2.23. The minimum absolute atomic E-state index is 0.171. The molecule has 1 aliphatic rings. The van der Waals surface area contributed by atoms with E-state index < -0.39 is 6.61 Å². The maximum absolute atomic E-state index is 11.9. The molecule has 14 heavy (non-hydrogen) atoms. The van der Waals surface area contributed by atoms with Gasteiger partial charge in [0.15, 0.2) is 0 Å². The summed E-state index contributed by atoms with van der Waals surface area (Å²) in [5.41, 5.74) is 1.71. The van der Waals surface area contributed by atoms with Gasteiger partial charge in [-0.05, 0) is 42.9 Å². The molecule has 75 valence electrons. The maximum atomic E-state index is 11.9. The molecule has 0 aromatic heterocycles. The van der Waals surface area contributed by atoms with Crippen LogP contribution in [0.4, 0.5) is 8.78 Å². The monoisotopic (exact) mass is 197 g/mol. The minimum Gasteiger partial charge on any atom is -0.435 e. The van der Waals surface area contributed by atoms with Crippen LogP contribution >= 0.6 is 0 Å². The molecule has 0 spiro atoms. The third kappa shape index (κ3) is 2.03. The van der Waals surface area contributed by atoms with Crippen molar-refractivity contribution < 1.29 is 13.5 Å². The molecule has 0 unspecified atom stereocenters. The second-order valence-electron chi connectivity index (χ2n) is 3.52. The SMILES string of the molecule is [CH2]c1cc(C2CC2)ccc1OC(F)F. The predicted octanol–water partition coefficient (Wildman–Crippen LogP) is 3.35. The fraction of sp³-hybridized carbons (Fsp3) is 0.364. The van der Waals surface area contributed by atoms with Crippen molar-refractivity contribution in [2.75, 3.05) is 0 Å². The zero-order valence-electron chi connectivity index (χ0n) is 7.67. The zero-order chi connectivity index (χ0) is 10.1. The Morgan fingerprint density at radius 1 is 1.36 bits per heavy atom. The molecule has 0 aliphatic heterocycles. The summed E-state index contributed by atoms with van der Waals surface area (Å²) in [6.07, 6.45) is 2.38. The number of alkyl halides is 2. The van der Waals surface area contributed by atoms with Crippen LogP contribution < -0.4 is 4.74 Å². The first kappa shape index (κ1) is 9.44. The van der Waals surface area contributed by atoms with Crippen molar-refractivity contribution in [3.8, 4) is 5.75 Å². The van der Waals surface area contributed by atoms with Gasteiger partial charge in [-0.3, -0.25) is 0 Å². The highest BCUT2D eigenvalue weighted by molar-refractivity contribution is 5.41. The predicted molar refractivity (Wildman–Crippen MR) is 49.5 cm³/mol. The van der Waals surface area contributed by atoms with Crippen LogP contribution in [0.2, 0.25) is 0 Å². The van der Waals surface area contributed by atoms with Crippen LogP contribution in [0.15, 0.2) is 18.2 Å². The topological polar surface area (TPSA) is 9.23 Å². The minimum atomic E-state index is -2.78. The van der Waals surface area contributed by atoms with E-state index in [1.165, 1.54) is 18.4 Å². The van der Waals surface area contributed by atoms with Gasteiger partial charge in [-0.1, -0.05) is 12.1 Å². The molecule has 2 rings (SSSR count). The molecule has 1 aromatic carbocycles. The van der Waals surface area contributed by atoms with E-state index in [1.54, 1.807) is 6.07 Å². The average molecular weight is 197 g/mol. The molecule has 0 amide bonds. The standard InChI is InChI=1S/C11H11F2O/c1-7-6-9(8-2-3-8)4-5-10(7)14-11(12)13/h4-6,8,11H,1-3H2. The number of hydrogen-bond acceptors (Lipinski definition) is 1. The summed E-state index contributed by atoms with van der Waals surface area (Å²) >= 11 is 0. The normalized spacial score (nSPS) is 16.0. The third-order valence-corrected chi connectivity index (χ3v) is 2.35. The number of hydrogen-bond donors (Lipinski definition) is 0. The Morgan fingerprint density at radius 2 is 2.07 bits per heavy atom. The van der Waals surface area contributed by atoms with Crippen molar-refractivity contribution in [2.24, 2.45) is 0 Å². The lowest BCUT2D eigenvalue weighted by atomic mass is 10.1. The molecule has 1 aromatic rings. The maximum Gasteiger partial charge on any atom is 0.387 e. The molecule has 0 N–H and O–H groups in total. The van der Waals surface area contributed by atoms with Gasteiger partial charge in [-0.25, -0.2) is 0 Å². The Bertz CT molecular complexity index is 332. The molecule has 0 bridgehead atoms. The molecule has 3 heteroatoms. The summed E-state index contributed by atoms with van der Waals surface area (Å²) in [7, 11) is 0.